The molecule has 1 aromatic carbocycles. The number of carbonyl (C=O) groups is 2. The summed E-state index contributed by atoms with van der Waals surface area (Å²) in [6.07, 6.45) is 0.240. The molecule has 2 amide bonds. The van der Waals surface area contributed by atoms with Crippen molar-refractivity contribution < 1.29 is 9.59 Å². The summed E-state index contributed by atoms with van der Waals surface area (Å²) in [4.78, 5) is 25.4. The lowest BCUT2D eigenvalue weighted by atomic mass is 10.1. The normalized spacial score (nSPS) is 19.4. The van der Waals surface area contributed by atoms with Gasteiger partial charge in [0.2, 0.25) is 5.91 Å². The van der Waals surface area contributed by atoms with Gasteiger partial charge in [0.25, 0.3) is 5.91 Å². The van der Waals surface area contributed by atoms with Crippen LogP contribution in [0.1, 0.15) is 31.4 Å². The van der Waals surface area contributed by atoms with E-state index < -0.39 is 6.04 Å². The fourth-order valence-electron chi connectivity index (χ4n) is 2.40. The highest BCUT2D eigenvalue weighted by Crippen LogP contribution is 2.23. The summed E-state index contributed by atoms with van der Waals surface area (Å²) in [5.74, 6) is -0.219. The van der Waals surface area contributed by atoms with E-state index in [4.69, 9.17) is 0 Å². The van der Waals surface area contributed by atoms with Crippen LogP contribution < -0.4 is 5.32 Å². The van der Waals surface area contributed by atoms with Gasteiger partial charge in [-0.2, -0.15) is 0 Å². The van der Waals surface area contributed by atoms with E-state index in [1.165, 1.54) is 10.5 Å². The second kappa shape index (κ2) is 5.03. The molecule has 19 heavy (non-hydrogen) atoms. The topological polar surface area (TPSA) is 49.4 Å². The van der Waals surface area contributed by atoms with Gasteiger partial charge in [0.1, 0.15) is 6.04 Å². The maximum absolute atomic E-state index is 12.2. The number of nitrogens with one attached hydrogen (secondary N) is 1. The monoisotopic (exact) mass is 260 g/mol. The Bertz CT molecular complexity index is 523. The van der Waals surface area contributed by atoms with Crippen LogP contribution in [-0.4, -0.2) is 28.8 Å². The molecule has 1 unspecified atom stereocenters. The number of nitrogens with zero attached hydrogens (tertiary/aromatic N) is 1. The lowest BCUT2D eigenvalue weighted by Crippen LogP contribution is -2.39. The number of carbonyl (C=O) groups excluding carboxylic acids is 2. The van der Waals surface area contributed by atoms with Crippen molar-refractivity contribution in [3.8, 4) is 0 Å². The molecule has 0 aliphatic carbocycles. The molecule has 1 N–H and O–H groups in total. The Hall–Kier alpha value is -1.84. The minimum Gasteiger partial charge on any atom is -0.373 e. The van der Waals surface area contributed by atoms with E-state index in [-0.39, 0.29) is 24.3 Å². The molecule has 1 aliphatic heterocycles. The van der Waals surface area contributed by atoms with Crippen LogP contribution in [0.3, 0.4) is 0 Å². The van der Waals surface area contributed by atoms with Crippen LogP contribution in [0.15, 0.2) is 18.2 Å². The standard InChI is InChI=1S/C15H20N2O2/c1-9(2)17-14(18)8-13(15(17)19)16-12-7-5-6-10(3)11(12)4/h5-7,9,13,16H,8H2,1-4H3. The number of aryl methyl sites for hydroxylation is 1. The predicted octanol–water partition coefficient (Wildman–Crippen LogP) is 2.25. The Morgan fingerprint density at radius 3 is 2.53 bits per heavy atom. The highest BCUT2D eigenvalue weighted by Gasteiger charge is 2.39. The molecule has 2 rings (SSSR count). The van der Waals surface area contributed by atoms with Crippen LogP contribution in [0.2, 0.25) is 0 Å². The Balaban J connectivity index is 2.19. The first-order valence-corrected chi connectivity index (χ1v) is 6.60. The van der Waals surface area contributed by atoms with E-state index in [0.29, 0.717) is 0 Å². The van der Waals surface area contributed by atoms with Crippen molar-refractivity contribution in [1.82, 2.24) is 4.90 Å². The number of amides is 2. The van der Waals surface area contributed by atoms with Crippen molar-refractivity contribution in [3.63, 3.8) is 0 Å². The van der Waals surface area contributed by atoms with Gasteiger partial charge in [0.05, 0.1) is 6.42 Å². The third-order valence-electron chi connectivity index (χ3n) is 3.63. The average molecular weight is 260 g/mol. The Morgan fingerprint density at radius 1 is 1.26 bits per heavy atom. The van der Waals surface area contributed by atoms with Gasteiger partial charge >= 0.3 is 0 Å². The van der Waals surface area contributed by atoms with Crippen molar-refractivity contribution >= 4 is 17.5 Å². The molecule has 1 heterocycles. The molecule has 0 saturated carbocycles. The van der Waals surface area contributed by atoms with E-state index in [1.54, 1.807) is 0 Å². The van der Waals surface area contributed by atoms with E-state index in [9.17, 15) is 9.59 Å². The minimum atomic E-state index is -0.435. The highest BCUT2D eigenvalue weighted by molar-refractivity contribution is 6.07. The minimum absolute atomic E-state index is 0.0783. The van der Waals surface area contributed by atoms with Gasteiger partial charge in [-0.3, -0.25) is 14.5 Å². The number of hydrogen-bond acceptors (Lipinski definition) is 3. The van der Waals surface area contributed by atoms with Crippen LogP contribution in [0.25, 0.3) is 0 Å². The summed E-state index contributed by atoms with van der Waals surface area (Å²) in [5.41, 5.74) is 3.21. The van der Waals surface area contributed by atoms with Crippen LogP contribution in [0, 0.1) is 13.8 Å². The molecular weight excluding hydrogens is 240 g/mol. The van der Waals surface area contributed by atoms with Crippen LogP contribution in [-0.2, 0) is 9.59 Å². The van der Waals surface area contributed by atoms with Gasteiger partial charge in [-0.25, -0.2) is 0 Å². The molecule has 1 saturated heterocycles. The molecule has 1 fully saturated rings. The van der Waals surface area contributed by atoms with Gasteiger partial charge in [-0.05, 0) is 44.9 Å². The molecule has 0 bridgehead atoms. The molecule has 1 aliphatic rings. The van der Waals surface area contributed by atoms with Gasteiger partial charge in [0.15, 0.2) is 0 Å². The lowest BCUT2D eigenvalue weighted by Gasteiger charge is -2.20. The smallest absolute Gasteiger partial charge is 0.252 e. The number of benzene rings is 1. The zero-order valence-corrected chi connectivity index (χ0v) is 11.9. The first-order chi connectivity index (χ1) is 8.91. The van der Waals surface area contributed by atoms with Crippen molar-refractivity contribution in [2.24, 2.45) is 0 Å². The van der Waals surface area contributed by atoms with E-state index in [0.717, 1.165) is 11.3 Å². The zero-order valence-electron chi connectivity index (χ0n) is 11.9. The number of likely N-dealkylation sites (tertiary alicyclic amines) is 1. The second-order valence-electron chi connectivity index (χ2n) is 5.34. The molecule has 102 valence electrons. The van der Waals surface area contributed by atoms with Crippen LogP contribution in [0.5, 0.6) is 0 Å². The number of hydrogen-bond donors (Lipinski definition) is 1. The summed E-state index contributed by atoms with van der Waals surface area (Å²) in [7, 11) is 0. The largest absolute Gasteiger partial charge is 0.373 e. The summed E-state index contributed by atoms with van der Waals surface area (Å²) >= 11 is 0. The Labute approximate surface area is 113 Å². The fraction of sp³-hybridized carbons (Fsp3) is 0.467. The Kier molecular flexibility index (Phi) is 3.60. The molecule has 1 atom stereocenters. The van der Waals surface area contributed by atoms with E-state index in [2.05, 4.69) is 5.32 Å². The maximum atomic E-state index is 12.2. The SMILES string of the molecule is Cc1cccc(NC2CC(=O)N(C(C)C)C2=O)c1C. The second-order valence-corrected chi connectivity index (χ2v) is 5.34. The summed E-state index contributed by atoms with van der Waals surface area (Å²) in [5, 5.41) is 3.20. The average Bonchev–Trinajstić information content (AvgIpc) is 2.60. The summed E-state index contributed by atoms with van der Waals surface area (Å²) < 4.78 is 0. The molecular formula is C15H20N2O2. The Morgan fingerprint density at radius 2 is 1.95 bits per heavy atom. The number of rotatable bonds is 3. The maximum Gasteiger partial charge on any atom is 0.252 e. The third kappa shape index (κ3) is 2.48. The van der Waals surface area contributed by atoms with Crippen LogP contribution >= 0.6 is 0 Å². The molecule has 4 heteroatoms. The molecule has 4 nitrogen and oxygen atoms in total. The zero-order chi connectivity index (χ0) is 14.2. The first kappa shape index (κ1) is 13.6. The van der Waals surface area contributed by atoms with Gasteiger partial charge in [-0.15, -0.1) is 0 Å². The van der Waals surface area contributed by atoms with Crippen molar-refractivity contribution in [2.75, 3.05) is 5.32 Å². The van der Waals surface area contributed by atoms with E-state index in [1.807, 2.05) is 45.9 Å². The fourth-order valence-corrected chi connectivity index (χ4v) is 2.40. The van der Waals surface area contributed by atoms with Crippen molar-refractivity contribution in [3.05, 3.63) is 29.3 Å². The molecule has 0 aromatic heterocycles. The van der Waals surface area contributed by atoms with Crippen molar-refractivity contribution in [1.29, 1.82) is 0 Å². The quantitative estimate of drug-likeness (QED) is 0.848. The highest BCUT2D eigenvalue weighted by atomic mass is 16.2. The number of imide groups is 1. The van der Waals surface area contributed by atoms with Gasteiger partial charge < -0.3 is 5.32 Å². The van der Waals surface area contributed by atoms with Crippen LogP contribution in [0.4, 0.5) is 5.69 Å². The predicted molar refractivity (Wildman–Crippen MR) is 74.9 cm³/mol. The summed E-state index contributed by atoms with van der Waals surface area (Å²) in [6, 6.07) is 5.41. The van der Waals surface area contributed by atoms with Gasteiger partial charge in [0, 0.05) is 11.7 Å². The first-order valence-electron chi connectivity index (χ1n) is 6.60. The van der Waals surface area contributed by atoms with E-state index >= 15 is 0 Å². The van der Waals surface area contributed by atoms with Crippen molar-refractivity contribution in [2.45, 2.75) is 46.2 Å². The summed E-state index contributed by atoms with van der Waals surface area (Å²) in [6.45, 7) is 7.76. The lowest BCUT2D eigenvalue weighted by molar-refractivity contribution is -0.140. The molecule has 0 radical (unpaired) electrons. The molecule has 1 aromatic rings. The molecule has 0 spiro atoms. The third-order valence-corrected chi connectivity index (χ3v) is 3.63. The number of anilines is 1. The van der Waals surface area contributed by atoms with Gasteiger partial charge in [-0.1, -0.05) is 12.1 Å².